The molecule has 0 aliphatic carbocycles. The second-order valence-electron chi connectivity index (χ2n) is 4.63. The average molecular weight is 450 g/mol. The van der Waals surface area contributed by atoms with E-state index < -0.39 is 13.4 Å². The maximum atomic E-state index is 5.98. The third-order valence-electron chi connectivity index (χ3n) is 2.94. The Morgan fingerprint density at radius 1 is 1.00 bits per heavy atom. The molecule has 24 heavy (non-hydrogen) atoms. The first-order valence-electron chi connectivity index (χ1n) is 6.46. The van der Waals surface area contributed by atoms with Crippen molar-refractivity contribution in [3.63, 3.8) is 0 Å². The van der Waals surface area contributed by atoms with Crippen molar-refractivity contribution in [2.24, 2.45) is 9.98 Å². The normalized spacial score (nSPS) is 22.1. The second-order valence-corrected chi connectivity index (χ2v) is 9.20. The van der Waals surface area contributed by atoms with Crippen LogP contribution in [0, 0.1) is 0 Å². The van der Waals surface area contributed by atoms with Crippen LogP contribution in [0.3, 0.4) is 0 Å². The standard InChI is InChI=1S/C14H11Cl6N3O/c1-24-14(13(18,19)20)22-10(21-11(23-14)12(15,16)17)8-7-9-5-3-2-4-6-9/h2-8H,1H3,(H,21,22,23). The molecule has 0 bridgehead atoms. The fourth-order valence-corrected chi connectivity index (χ4v) is 2.56. The Labute approximate surface area is 169 Å². The molecule has 130 valence electrons. The van der Waals surface area contributed by atoms with Crippen molar-refractivity contribution in [1.29, 1.82) is 0 Å². The van der Waals surface area contributed by atoms with E-state index in [-0.39, 0.29) is 11.7 Å². The molecule has 10 heteroatoms. The fourth-order valence-electron chi connectivity index (χ4n) is 1.80. The summed E-state index contributed by atoms with van der Waals surface area (Å²) in [5.41, 5.74) is 0.928. The van der Waals surface area contributed by atoms with Crippen LogP contribution in [-0.4, -0.2) is 32.2 Å². The van der Waals surface area contributed by atoms with E-state index in [1.165, 1.54) is 7.11 Å². The number of nitrogens with zero attached hydrogens (tertiary/aromatic N) is 2. The highest BCUT2D eigenvalue weighted by molar-refractivity contribution is 6.77. The Morgan fingerprint density at radius 2 is 1.62 bits per heavy atom. The maximum absolute atomic E-state index is 5.98. The quantitative estimate of drug-likeness (QED) is 0.649. The van der Waals surface area contributed by atoms with Gasteiger partial charge in [-0.3, -0.25) is 0 Å². The molecule has 1 unspecified atom stereocenters. The van der Waals surface area contributed by atoms with Gasteiger partial charge < -0.3 is 10.1 Å². The summed E-state index contributed by atoms with van der Waals surface area (Å²) in [4.78, 5) is 8.27. The van der Waals surface area contributed by atoms with Crippen LogP contribution in [0.25, 0.3) is 6.08 Å². The Bertz CT molecular complexity index is 678. The van der Waals surface area contributed by atoms with Crippen LogP contribution in [0.2, 0.25) is 0 Å². The molecule has 0 spiro atoms. The van der Waals surface area contributed by atoms with E-state index in [2.05, 4.69) is 15.3 Å². The van der Waals surface area contributed by atoms with E-state index in [9.17, 15) is 0 Å². The average Bonchev–Trinajstić information content (AvgIpc) is 2.51. The highest BCUT2D eigenvalue weighted by Crippen LogP contribution is 2.44. The van der Waals surface area contributed by atoms with E-state index in [4.69, 9.17) is 74.3 Å². The molecule has 0 radical (unpaired) electrons. The van der Waals surface area contributed by atoms with Crippen LogP contribution in [-0.2, 0) is 4.74 Å². The maximum Gasteiger partial charge on any atom is 0.309 e. The van der Waals surface area contributed by atoms with Crippen LogP contribution in [0.15, 0.2) is 46.4 Å². The number of rotatable bonds is 3. The molecule has 1 aliphatic rings. The van der Waals surface area contributed by atoms with E-state index in [1.807, 2.05) is 30.3 Å². The summed E-state index contributed by atoms with van der Waals surface area (Å²) in [6.45, 7) is 0. The summed E-state index contributed by atoms with van der Waals surface area (Å²) >= 11 is 35.6. The van der Waals surface area contributed by atoms with Gasteiger partial charge in [0, 0.05) is 7.11 Å². The molecule has 1 aromatic rings. The third kappa shape index (κ3) is 4.70. The molecule has 4 nitrogen and oxygen atoms in total. The summed E-state index contributed by atoms with van der Waals surface area (Å²) < 4.78 is 1.31. The zero-order valence-electron chi connectivity index (χ0n) is 12.1. The monoisotopic (exact) mass is 447 g/mol. The van der Waals surface area contributed by atoms with Crippen molar-refractivity contribution < 1.29 is 4.74 Å². The summed E-state index contributed by atoms with van der Waals surface area (Å²) in [5.74, 6) is -1.72. The van der Waals surface area contributed by atoms with Crippen molar-refractivity contribution in [3.8, 4) is 0 Å². The van der Waals surface area contributed by atoms with E-state index in [1.54, 1.807) is 12.2 Å². The molecule has 0 amide bonds. The van der Waals surface area contributed by atoms with Gasteiger partial charge in [0.15, 0.2) is 5.84 Å². The molecule has 0 aromatic heterocycles. The zero-order valence-corrected chi connectivity index (χ0v) is 16.6. The highest BCUT2D eigenvalue weighted by Gasteiger charge is 2.53. The molecule has 1 aromatic carbocycles. The number of methoxy groups -OCH3 is 1. The minimum Gasteiger partial charge on any atom is -0.335 e. The number of aliphatic imine (C=N–C) groups is 2. The van der Waals surface area contributed by atoms with Gasteiger partial charge in [0.25, 0.3) is 3.79 Å². The van der Waals surface area contributed by atoms with Gasteiger partial charge >= 0.3 is 5.85 Å². The summed E-state index contributed by atoms with van der Waals surface area (Å²) in [6.07, 6.45) is 3.41. The van der Waals surface area contributed by atoms with Crippen molar-refractivity contribution >= 4 is 87.4 Å². The van der Waals surface area contributed by atoms with Crippen LogP contribution < -0.4 is 5.32 Å². The Hall–Kier alpha value is -0.200. The van der Waals surface area contributed by atoms with Crippen molar-refractivity contribution in [3.05, 3.63) is 42.0 Å². The molecular weight excluding hydrogens is 439 g/mol. The molecule has 1 heterocycles. The third-order valence-corrected chi connectivity index (χ3v) is 4.21. The molecule has 1 aliphatic heterocycles. The van der Waals surface area contributed by atoms with Gasteiger partial charge in [-0.15, -0.1) is 0 Å². The topological polar surface area (TPSA) is 46.0 Å². The molecule has 1 atom stereocenters. The number of hydrogen-bond donors (Lipinski definition) is 1. The minimum atomic E-state index is -2.03. The fraction of sp³-hybridized carbons (Fsp3) is 0.286. The lowest BCUT2D eigenvalue weighted by Crippen LogP contribution is -2.52. The van der Waals surface area contributed by atoms with Crippen molar-refractivity contribution in [2.75, 3.05) is 7.11 Å². The number of benzene rings is 1. The SMILES string of the molecule is COC1(C(Cl)(Cl)Cl)N=C(C=Cc2ccccc2)NC(C(Cl)(Cl)Cl)=N1. The molecular formula is C14H11Cl6N3O. The number of amidine groups is 2. The van der Waals surface area contributed by atoms with Gasteiger partial charge in [-0.2, -0.15) is 0 Å². The van der Waals surface area contributed by atoms with E-state index >= 15 is 0 Å². The molecule has 0 saturated heterocycles. The highest BCUT2D eigenvalue weighted by atomic mass is 35.6. The van der Waals surface area contributed by atoms with Crippen LogP contribution in [0.1, 0.15) is 5.56 Å². The summed E-state index contributed by atoms with van der Waals surface area (Å²) in [6, 6.07) is 9.50. The van der Waals surface area contributed by atoms with E-state index in [0.717, 1.165) is 5.56 Å². The smallest absolute Gasteiger partial charge is 0.309 e. The van der Waals surface area contributed by atoms with Gasteiger partial charge in [0.2, 0.25) is 3.79 Å². The molecule has 1 N–H and O–H groups in total. The first kappa shape index (κ1) is 20.1. The molecule has 2 rings (SSSR count). The van der Waals surface area contributed by atoms with Gasteiger partial charge in [-0.1, -0.05) is 106 Å². The first-order chi connectivity index (χ1) is 11.1. The molecule has 0 saturated carbocycles. The lowest BCUT2D eigenvalue weighted by atomic mass is 10.2. The Kier molecular flexibility index (Phi) is 6.36. The number of alkyl halides is 6. The zero-order chi connectivity index (χ0) is 18.0. The largest absolute Gasteiger partial charge is 0.335 e. The van der Waals surface area contributed by atoms with Crippen molar-refractivity contribution in [1.82, 2.24) is 5.32 Å². The van der Waals surface area contributed by atoms with E-state index in [0.29, 0.717) is 0 Å². The first-order valence-corrected chi connectivity index (χ1v) is 8.73. The second kappa shape index (κ2) is 7.58. The summed E-state index contributed by atoms with van der Waals surface area (Å²) in [7, 11) is 1.29. The number of ether oxygens (including phenoxy) is 1. The van der Waals surface area contributed by atoms with Crippen LogP contribution in [0.5, 0.6) is 0 Å². The van der Waals surface area contributed by atoms with Gasteiger partial charge in [-0.25, -0.2) is 9.98 Å². The predicted molar refractivity (Wildman–Crippen MR) is 104 cm³/mol. The minimum absolute atomic E-state index is 0.0802. The van der Waals surface area contributed by atoms with Gasteiger partial charge in [0.1, 0.15) is 5.84 Å². The lowest BCUT2D eigenvalue weighted by Gasteiger charge is -2.35. The molecule has 0 fully saturated rings. The lowest BCUT2D eigenvalue weighted by molar-refractivity contribution is 0.00704. The van der Waals surface area contributed by atoms with Gasteiger partial charge in [0.05, 0.1) is 0 Å². The van der Waals surface area contributed by atoms with Crippen LogP contribution >= 0.6 is 69.6 Å². The predicted octanol–water partition coefficient (Wildman–Crippen LogP) is 5.14. The van der Waals surface area contributed by atoms with Crippen LogP contribution in [0.4, 0.5) is 0 Å². The Balaban J connectivity index is 2.45. The Morgan fingerprint density at radius 3 is 2.12 bits per heavy atom. The van der Waals surface area contributed by atoms with Crippen molar-refractivity contribution in [2.45, 2.75) is 13.4 Å². The van der Waals surface area contributed by atoms with Gasteiger partial charge in [-0.05, 0) is 11.6 Å². The number of hydrogen-bond acceptors (Lipinski definition) is 4. The summed E-state index contributed by atoms with van der Waals surface area (Å²) in [5, 5.41) is 2.79. The number of halogens is 6. The number of nitrogens with one attached hydrogen (secondary N) is 1.